The van der Waals surface area contributed by atoms with Crippen molar-refractivity contribution in [3.05, 3.63) is 42.0 Å². The van der Waals surface area contributed by atoms with Crippen LogP contribution in [0.15, 0.2) is 35.5 Å². The zero-order valence-electron chi connectivity index (χ0n) is 15.7. The molecule has 0 spiro atoms. The van der Waals surface area contributed by atoms with Gasteiger partial charge in [0.15, 0.2) is 5.82 Å². The third-order valence-corrected chi connectivity index (χ3v) is 6.22. The molecule has 1 aromatic carbocycles. The van der Waals surface area contributed by atoms with Crippen molar-refractivity contribution in [2.75, 3.05) is 4.90 Å². The van der Waals surface area contributed by atoms with Gasteiger partial charge < -0.3 is 9.88 Å². The van der Waals surface area contributed by atoms with Crippen molar-refractivity contribution in [1.82, 2.24) is 14.8 Å². The zero-order chi connectivity index (χ0) is 18.6. The van der Waals surface area contributed by atoms with Crippen LogP contribution in [-0.4, -0.2) is 26.5 Å². The summed E-state index contributed by atoms with van der Waals surface area (Å²) in [6.07, 6.45) is 10.0. The number of rotatable bonds is 2. The topological polar surface area (TPSA) is 49.2 Å². The summed E-state index contributed by atoms with van der Waals surface area (Å²) >= 11 is 0. The van der Waals surface area contributed by atoms with E-state index in [1.165, 1.54) is 25.3 Å². The van der Waals surface area contributed by atoms with Crippen LogP contribution >= 0.6 is 0 Å². The lowest BCUT2D eigenvalue weighted by molar-refractivity contribution is 0.290. The van der Waals surface area contributed by atoms with Crippen molar-refractivity contribution in [3.63, 3.8) is 0 Å². The molecule has 0 radical (unpaired) electrons. The SMILES string of the molecule is Cn1nc(C2C=Nc3[nH]ccc3N2C2(C)CCCCC2)c2ccc(F)cc21. The largest absolute Gasteiger partial charge is 0.349 e. The highest BCUT2D eigenvalue weighted by molar-refractivity contribution is 5.91. The average Bonchev–Trinajstić information content (AvgIpc) is 3.26. The molecule has 1 N–H and O–H groups in total. The molecule has 140 valence electrons. The number of aromatic amines is 1. The molecule has 2 aromatic heterocycles. The quantitative estimate of drug-likeness (QED) is 0.693. The molecule has 5 rings (SSSR count). The van der Waals surface area contributed by atoms with Gasteiger partial charge in [0.05, 0.1) is 16.9 Å². The molecule has 2 aliphatic rings. The zero-order valence-corrected chi connectivity index (χ0v) is 15.7. The van der Waals surface area contributed by atoms with Gasteiger partial charge in [-0.25, -0.2) is 9.38 Å². The highest BCUT2D eigenvalue weighted by Gasteiger charge is 2.41. The van der Waals surface area contributed by atoms with Gasteiger partial charge in [0.1, 0.15) is 11.9 Å². The van der Waals surface area contributed by atoms with E-state index in [1.54, 1.807) is 10.7 Å². The van der Waals surface area contributed by atoms with Gasteiger partial charge in [0.2, 0.25) is 0 Å². The van der Waals surface area contributed by atoms with E-state index in [0.29, 0.717) is 0 Å². The lowest BCUT2D eigenvalue weighted by atomic mass is 9.80. The fraction of sp³-hybridized carbons (Fsp3) is 0.429. The first-order valence-electron chi connectivity index (χ1n) is 9.70. The van der Waals surface area contributed by atoms with Crippen LogP contribution in [0.3, 0.4) is 0 Å². The molecule has 1 aliphatic carbocycles. The summed E-state index contributed by atoms with van der Waals surface area (Å²) in [5.74, 6) is 0.669. The van der Waals surface area contributed by atoms with Gasteiger partial charge in [-0.05, 0) is 44.0 Å². The van der Waals surface area contributed by atoms with Crippen LogP contribution in [0.4, 0.5) is 15.9 Å². The molecule has 0 bridgehead atoms. The van der Waals surface area contributed by atoms with Gasteiger partial charge >= 0.3 is 0 Å². The minimum absolute atomic E-state index is 0.0518. The fourth-order valence-corrected chi connectivity index (χ4v) is 4.86. The molecule has 5 nitrogen and oxygen atoms in total. The standard InChI is InChI=1S/C21H24FN5/c1-21(9-4-3-5-10-21)27-16-8-11-23-20(16)24-13-18(27)19-15-7-6-14(22)12-17(15)26(2)25-19/h6-8,11-13,18,23H,3-5,9-10H2,1-2H3. The van der Waals surface area contributed by atoms with Crippen molar-refractivity contribution < 1.29 is 4.39 Å². The van der Waals surface area contributed by atoms with Gasteiger partial charge in [0, 0.05) is 30.4 Å². The Labute approximate surface area is 157 Å². The molecule has 1 atom stereocenters. The molecule has 6 heteroatoms. The summed E-state index contributed by atoms with van der Waals surface area (Å²) in [4.78, 5) is 10.4. The first kappa shape index (κ1) is 16.5. The number of halogens is 1. The Bertz CT molecular complexity index is 1020. The highest BCUT2D eigenvalue weighted by Crippen LogP contribution is 2.47. The lowest BCUT2D eigenvalue weighted by Crippen LogP contribution is -2.51. The Hall–Kier alpha value is -2.63. The molecule has 3 aromatic rings. The maximum absolute atomic E-state index is 13.8. The predicted octanol–water partition coefficient (Wildman–Crippen LogP) is 5.03. The number of aryl methyl sites for hydroxylation is 1. The highest BCUT2D eigenvalue weighted by atomic mass is 19.1. The second kappa shape index (κ2) is 5.94. The molecule has 1 unspecified atom stereocenters. The number of benzene rings is 1. The third kappa shape index (κ3) is 2.50. The Balaban J connectivity index is 1.69. The van der Waals surface area contributed by atoms with Crippen LogP contribution < -0.4 is 4.90 Å². The van der Waals surface area contributed by atoms with Crippen LogP contribution in [0.25, 0.3) is 10.9 Å². The normalized spacial score (nSPS) is 21.6. The molecule has 3 heterocycles. The van der Waals surface area contributed by atoms with E-state index in [-0.39, 0.29) is 17.4 Å². The average molecular weight is 365 g/mol. The number of H-pyrrole nitrogens is 1. The Morgan fingerprint density at radius 1 is 1.19 bits per heavy atom. The molecule has 1 aliphatic heterocycles. The van der Waals surface area contributed by atoms with Crippen LogP contribution in [-0.2, 0) is 7.05 Å². The van der Waals surface area contributed by atoms with Gasteiger partial charge in [-0.3, -0.25) is 4.68 Å². The summed E-state index contributed by atoms with van der Waals surface area (Å²) in [7, 11) is 1.87. The van der Waals surface area contributed by atoms with E-state index in [2.05, 4.69) is 27.9 Å². The first-order chi connectivity index (χ1) is 13.1. The summed E-state index contributed by atoms with van der Waals surface area (Å²) in [5.41, 5.74) is 2.94. The number of fused-ring (bicyclic) bond motifs is 2. The van der Waals surface area contributed by atoms with Crippen LogP contribution in [0.1, 0.15) is 50.8 Å². The number of hydrogen-bond donors (Lipinski definition) is 1. The van der Waals surface area contributed by atoms with E-state index in [0.717, 1.165) is 40.9 Å². The van der Waals surface area contributed by atoms with Gasteiger partial charge in [-0.15, -0.1) is 0 Å². The smallest absolute Gasteiger partial charge is 0.153 e. The monoisotopic (exact) mass is 365 g/mol. The van der Waals surface area contributed by atoms with Gasteiger partial charge in [0.25, 0.3) is 0 Å². The number of aliphatic imine (C=N–C) groups is 1. The molecular formula is C21H24FN5. The number of anilines is 1. The first-order valence-corrected chi connectivity index (χ1v) is 9.70. The molecule has 0 saturated heterocycles. The van der Waals surface area contributed by atoms with E-state index < -0.39 is 0 Å². The Morgan fingerprint density at radius 3 is 2.81 bits per heavy atom. The summed E-state index contributed by atoms with van der Waals surface area (Å²) in [6, 6.07) is 6.96. The van der Waals surface area contributed by atoms with E-state index in [1.807, 2.05) is 25.5 Å². The minimum Gasteiger partial charge on any atom is -0.349 e. The maximum Gasteiger partial charge on any atom is 0.153 e. The molecular weight excluding hydrogens is 341 g/mol. The molecule has 0 amide bonds. The van der Waals surface area contributed by atoms with E-state index >= 15 is 0 Å². The van der Waals surface area contributed by atoms with Crippen LogP contribution in [0.2, 0.25) is 0 Å². The third-order valence-electron chi connectivity index (χ3n) is 6.22. The number of hydrogen-bond acceptors (Lipinski definition) is 3. The predicted molar refractivity (Wildman–Crippen MR) is 106 cm³/mol. The molecule has 1 fully saturated rings. The Morgan fingerprint density at radius 2 is 2.00 bits per heavy atom. The minimum atomic E-state index is -0.238. The van der Waals surface area contributed by atoms with E-state index in [9.17, 15) is 4.39 Å². The van der Waals surface area contributed by atoms with Gasteiger partial charge in [-0.2, -0.15) is 5.10 Å². The summed E-state index contributed by atoms with van der Waals surface area (Å²) in [6.45, 7) is 2.36. The summed E-state index contributed by atoms with van der Waals surface area (Å²) in [5, 5.41) is 5.78. The van der Waals surface area contributed by atoms with E-state index in [4.69, 9.17) is 5.10 Å². The second-order valence-corrected chi connectivity index (χ2v) is 8.03. The van der Waals surface area contributed by atoms with Crippen molar-refractivity contribution >= 4 is 28.6 Å². The molecule has 27 heavy (non-hydrogen) atoms. The van der Waals surface area contributed by atoms with Crippen molar-refractivity contribution in [3.8, 4) is 0 Å². The number of nitrogens with one attached hydrogen (secondary N) is 1. The maximum atomic E-state index is 13.8. The van der Waals surface area contributed by atoms with Crippen molar-refractivity contribution in [2.24, 2.45) is 12.0 Å². The summed E-state index contributed by atoms with van der Waals surface area (Å²) < 4.78 is 15.5. The molecule has 1 saturated carbocycles. The van der Waals surface area contributed by atoms with Gasteiger partial charge in [-0.1, -0.05) is 19.3 Å². The lowest BCUT2D eigenvalue weighted by Gasteiger charge is -2.49. The van der Waals surface area contributed by atoms with Crippen LogP contribution in [0.5, 0.6) is 0 Å². The fourth-order valence-electron chi connectivity index (χ4n) is 4.86. The van der Waals surface area contributed by atoms with Crippen molar-refractivity contribution in [2.45, 2.75) is 50.6 Å². The van der Waals surface area contributed by atoms with Crippen molar-refractivity contribution in [1.29, 1.82) is 0 Å². The number of aromatic nitrogens is 3. The second-order valence-electron chi connectivity index (χ2n) is 8.03. The van der Waals surface area contributed by atoms with Crippen LogP contribution in [0, 0.1) is 5.82 Å². The Kier molecular flexibility index (Phi) is 3.64. The number of nitrogens with zero attached hydrogens (tertiary/aromatic N) is 4.